The van der Waals surface area contributed by atoms with Crippen molar-refractivity contribution in [2.24, 2.45) is 5.92 Å². The predicted molar refractivity (Wildman–Crippen MR) is 66.8 cm³/mol. The predicted octanol–water partition coefficient (Wildman–Crippen LogP) is 4.00. The highest BCUT2D eigenvalue weighted by atomic mass is 31.2. The molecular weight excluding hydrogens is 223 g/mol. The highest BCUT2D eigenvalue weighted by Crippen LogP contribution is 2.53. The molecule has 94 valence electrons. The van der Waals surface area contributed by atoms with Crippen LogP contribution in [0.3, 0.4) is 0 Å². The van der Waals surface area contributed by atoms with E-state index in [1.54, 1.807) is 0 Å². The first kappa shape index (κ1) is 14.0. The Kier molecular flexibility index (Phi) is 4.78. The summed E-state index contributed by atoms with van der Waals surface area (Å²) in [6.45, 7) is 11.4. The van der Waals surface area contributed by atoms with Crippen LogP contribution >= 0.6 is 7.60 Å². The summed E-state index contributed by atoms with van der Waals surface area (Å²) in [4.78, 5) is 0. The lowest BCUT2D eigenvalue weighted by Gasteiger charge is -2.22. The number of allylic oxidation sites excluding steroid dienone is 1. The summed E-state index contributed by atoms with van der Waals surface area (Å²) >= 11 is 0. The molecule has 0 saturated heterocycles. The Bertz CT molecular complexity index is 283. The molecule has 0 aromatic heterocycles. The molecule has 1 fully saturated rings. The standard InChI is InChI=1S/C12H23O3P/c1-9(2)14-16(13,15-10(3)4)7-6-12-8-11(12)5/h9-10,12H,5-8H2,1-4H3. The van der Waals surface area contributed by atoms with Gasteiger partial charge in [0, 0.05) is 0 Å². The van der Waals surface area contributed by atoms with E-state index in [2.05, 4.69) is 6.58 Å². The van der Waals surface area contributed by atoms with Gasteiger partial charge in [-0.25, -0.2) is 0 Å². The van der Waals surface area contributed by atoms with Crippen molar-refractivity contribution in [2.75, 3.05) is 6.16 Å². The minimum atomic E-state index is -2.91. The summed E-state index contributed by atoms with van der Waals surface area (Å²) in [5.74, 6) is 0.542. The third-order valence-electron chi connectivity index (χ3n) is 2.42. The number of rotatable bonds is 7. The maximum Gasteiger partial charge on any atom is 0.331 e. The van der Waals surface area contributed by atoms with Gasteiger partial charge in [-0.15, -0.1) is 0 Å². The van der Waals surface area contributed by atoms with E-state index in [1.807, 2.05) is 27.7 Å². The van der Waals surface area contributed by atoms with Crippen molar-refractivity contribution in [1.82, 2.24) is 0 Å². The third kappa shape index (κ3) is 4.82. The molecule has 0 spiro atoms. The van der Waals surface area contributed by atoms with Crippen molar-refractivity contribution >= 4 is 7.60 Å². The van der Waals surface area contributed by atoms with Gasteiger partial charge in [-0.1, -0.05) is 12.2 Å². The zero-order valence-electron chi connectivity index (χ0n) is 10.7. The van der Waals surface area contributed by atoms with E-state index in [9.17, 15) is 4.57 Å². The molecule has 1 atom stereocenters. The van der Waals surface area contributed by atoms with Gasteiger partial charge in [-0.2, -0.15) is 0 Å². The molecule has 0 amide bonds. The summed E-state index contributed by atoms with van der Waals surface area (Å²) in [6, 6.07) is 0. The number of hydrogen-bond donors (Lipinski definition) is 0. The average Bonchev–Trinajstić information content (AvgIpc) is 2.75. The van der Waals surface area contributed by atoms with Crippen LogP contribution in [0.4, 0.5) is 0 Å². The lowest BCUT2D eigenvalue weighted by Crippen LogP contribution is -2.10. The zero-order valence-corrected chi connectivity index (χ0v) is 11.6. The van der Waals surface area contributed by atoms with Gasteiger partial charge in [-0.3, -0.25) is 4.57 Å². The van der Waals surface area contributed by atoms with E-state index in [1.165, 1.54) is 5.57 Å². The highest BCUT2D eigenvalue weighted by molar-refractivity contribution is 7.53. The fraction of sp³-hybridized carbons (Fsp3) is 0.833. The third-order valence-corrected chi connectivity index (χ3v) is 4.71. The van der Waals surface area contributed by atoms with Gasteiger partial charge in [0.1, 0.15) is 0 Å². The lowest BCUT2D eigenvalue weighted by atomic mass is 10.3. The quantitative estimate of drug-likeness (QED) is 0.503. The van der Waals surface area contributed by atoms with Gasteiger partial charge in [0.2, 0.25) is 0 Å². The van der Waals surface area contributed by atoms with Crippen LogP contribution in [0.1, 0.15) is 40.5 Å². The normalized spacial score (nSPS) is 20.9. The fourth-order valence-corrected chi connectivity index (χ4v) is 3.82. The fourth-order valence-electron chi connectivity index (χ4n) is 1.65. The average molecular weight is 246 g/mol. The summed E-state index contributed by atoms with van der Waals surface area (Å²) < 4.78 is 23.3. The van der Waals surface area contributed by atoms with Gasteiger partial charge >= 0.3 is 7.60 Å². The van der Waals surface area contributed by atoms with Crippen molar-refractivity contribution in [3.05, 3.63) is 12.2 Å². The molecule has 1 unspecified atom stereocenters. The first-order valence-corrected chi connectivity index (χ1v) is 7.68. The number of hydrogen-bond acceptors (Lipinski definition) is 3. The van der Waals surface area contributed by atoms with E-state index < -0.39 is 7.60 Å². The first-order valence-electron chi connectivity index (χ1n) is 5.96. The van der Waals surface area contributed by atoms with Crippen molar-refractivity contribution < 1.29 is 13.6 Å². The largest absolute Gasteiger partial charge is 0.331 e. The zero-order chi connectivity index (χ0) is 12.3. The van der Waals surface area contributed by atoms with Crippen LogP contribution in [0.15, 0.2) is 12.2 Å². The summed E-state index contributed by atoms with van der Waals surface area (Å²) in [6.07, 6.45) is 2.32. The summed E-state index contributed by atoms with van der Waals surface area (Å²) in [5.41, 5.74) is 1.26. The molecule has 0 bridgehead atoms. The Morgan fingerprint density at radius 2 is 1.75 bits per heavy atom. The second-order valence-electron chi connectivity index (χ2n) is 4.99. The van der Waals surface area contributed by atoms with Crippen LogP contribution in [0.25, 0.3) is 0 Å². The Hall–Kier alpha value is -0.110. The molecule has 0 aliphatic heterocycles. The van der Waals surface area contributed by atoms with Gasteiger partial charge in [0.15, 0.2) is 0 Å². The van der Waals surface area contributed by atoms with Crippen LogP contribution in [0, 0.1) is 5.92 Å². The molecule has 1 aliphatic rings. The molecule has 3 nitrogen and oxygen atoms in total. The molecule has 1 saturated carbocycles. The van der Waals surface area contributed by atoms with Crippen LogP contribution in [-0.4, -0.2) is 18.4 Å². The van der Waals surface area contributed by atoms with Gasteiger partial charge in [-0.05, 0) is 46.5 Å². The van der Waals surface area contributed by atoms with Crippen molar-refractivity contribution in [2.45, 2.75) is 52.7 Å². The Morgan fingerprint density at radius 3 is 2.06 bits per heavy atom. The van der Waals surface area contributed by atoms with Crippen molar-refractivity contribution in [1.29, 1.82) is 0 Å². The van der Waals surface area contributed by atoms with E-state index >= 15 is 0 Å². The van der Waals surface area contributed by atoms with E-state index in [4.69, 9.17) is 9.05 Å². The van der Waals surface area contributed by atoms with Crippen molar-refractivity contribution in [3.8, 4) is 0 Å². The van der Waals surface area contributed by atoms with Gasteiger partial charge in [0.25, 0.3) is 0 Å². The molecule has 1 rings (SSSR count). The van der Waals surface area contributed by atoms with Crippen LogP contribution in [0.5, 0.6) is 0 Å². The van der Waals surface area contributed by atoms with Gasteiger partial charge < -0.3 is 9.05 Å². The lowest BCUT2D eigenvalue weighted by molar-refractivity contribution is 0.142. The Labute approximate surface area is 98.7 Å². The summed E-state index contributed by atoms with van der Waals surface area (Å²) in [7, 11) is -2.91. The molecule has 1 aliphatic carbocycles. The molecule has 0 N–H and O–H groups in total. The summed E-state index contributed by atoms with van der Waals surface area (Å²) in [5, 5.41) is 0. The van der Waals surface area contributed by atoms with Crippen LogP contribution < -0.4 is 0 Å². The first-order chi connectivity index (χ1) is 7.32. The maximum absolute atomic E-state index is 12.4. The Morgan fingerprint density at radius 1 is 1.31 bits per heavy atom. The van der Waals surface area contributed by atoms with E-state index in [0.29, 0.717) is 12.1 Å². The molecule has 0 aromatic carbocycles. The van der Waals surface area contributed by atoms with Crippen molar-refractivity contribution in [3.63, 3.8) is 0 Å². The van der Waals surface area contributed by atoms with Crippen LogP contribution in [-0.2, 0) is 13.6 Å². The smallest absolute Gasteiger partial charge is 0.306 e. The van der Waals surface area contributed by atoms with E-state index in [-0.39, 0.29) is 12.2 Å². The second-order valence-corrected chi connectivity index (χ2v) is 7.08. The minimum Gasteiger partial charge on any atom is -0.306 e. The molecule has 4 heteroatoms. The van der Waals surface area contributed by atoms with Crippen LogP contribution in [0.2, 0.25) is 0 Å². The Balaban J connectivity index is 2.48. The maximum atomic E-state index is 12.4. The highest BCUT2D eigenvalue weighted by Gasteiger charge is 2.33. The van der Waals surface area contributed by atoms with E-state index in [0.717, 1.165) is 12.8 Å². The molecule has 16 heavy (non-hydrogen) atoms. The molecule has 0 radical (unpaired) electrons. The SMILES string of the molecule is C=C1CC1CCP(=O)(OC(C)C)OC(C)C. The van der Waals surface area contributed by atoms with Gasteiger partial charge in [0.05, 0.1) is 18.4 Å². The molecule has 0 heterocycles. The molecular formula is C12H23O3P. The molecule has 0 aromatic rings. The monoisotopic (exact) mass is 246 g/mol. The minimum absolute atomic E-state index is 0.0630. The topological polar surface area (TPSA) is 35.5 Å². The second kappa shape index (κ2) is 5.48.